The van der Waals surface area contributed by atoms with Crippen LogP contribution in [0.3, 0.4) is 0 Å². The topological polar surface area (TPSA) is 110 Å². The second-order valence-electron chi connectivity index (χ2n) is 8.75. The first-order valence-electron chi connectivity index (χ1n) is 11.0. The first-order valence-corrected chi connectivity index (χ1v) is 11.0. The van der Waals surface area contributed by atoms with Gasteiger partial charge in [-0.1, -0.05) is 24.3 Å². The molecule has 2 fully saturated rings. The van der Waals surface area contributed by atoms with Crippen LogP contribution in [0.1, 0.15) is 22.8 Å². The third-order valence-corrected chi connectivity index (χ3v) is 7.00. The molecule has 4 atom stereocenters. The second kappa shape index (κ2) is 8.18. The number of carbonyl (C=O) groups is 3. The van der Waals surface area contributed by atoms with Crippen molar-refractivity contribution in [2.24, 2.45) is 11.8 Å². The Labute approximate surface area is 195 Å². The zero-order chi connectivity index (χ0) is 24.1. The highest BCUT2D eigenvalue weighted by molar-refractivity contribution is 6.14. The zero-order valence-corrected chi connectivity index (χ0v) is 18.7. The van der Waals surface area contributed by atoms with Crippen molar-refractivity contribution in [3.8, 4) is 0 Å². The lowest BCUT2D eigenvalue weighted by Gasteiger charge is -2.38. The van der Waals surface area contributed by atoms with Crippen LogP contribution in [-0.2, 0) is 14.3 Å². The molecule has 2 aromatic carbocycles. The fourth-order valence-corrected chi connectivity index (χ4v) is 5.48. The Kier molecular flexibility index (Phi) is 5.28. The molecule has 0 aliphatic carbocycles. The van der Waals surface area contributed by atoms with Crippen LogP contribution in [0.5, 0.6) is 0 Å². The highest BCUT2D eigenvalue weighted by atomic mass is 16.6. The summed E-state index contributed by atoms with van der Waals surface area (Å²) in [5, 5.41) is 11.1. The van der Waals surface area contributed by atoms with Crippen molar-refractivity contribution in [3.63, 3.8) is 0 Å². The van der Waals surface area contributed by atoms with Gasteiger partial charge in [-0.15, -0.1) is 0 Å². The number of amides is 2. The lowest BCUT2D eigenvalue weighted by atomic mass is 9.85. The van der Waals surface area contributed by atoms with Gasteiger partial charge in [0.25, 0.3) is 5.69 Å². The van der Waals surface area contributed by atoms with E-state index in [1.165, 1.54) is 36.3 Å². The van der Waals surface area contributed by atoms with Gasteiger partial charge in [-0.25, -0.2) is 0 Å². The van der Waals surface area contributed by atoms with E-state index in [2.05, 4.69) is 0 Å². The fraction of sp³-hybridized carbons (Fsp3) is 0.320. The summed E-state index contributed by atoms with van der Waals surface area (Å²) in [6.07, 6.45) is 1.97. The van der Waals surface area contributed by atoms with Crippen LogP contribution in [0.25, 0.3) is 5.57 Å². The number of hydrogen-bond acceptors (Lipinski definition) is 7. The highest BCUT2D eigenvalue weighted by Gasteiger charge is 2.64. The summed E-state index contributed by atoms with van der Waals surface area (Å²) < 4.78 is 5.08. The van der Waals surface area contributed by atoms with Crippen molar-refractivity contribution in [1.82, 2.24) is 4.90 Å². The summed E-state index contributed by atoms with van der Waals surface area (Å²) in [5.74, 6) is -2.58. The van der Waals surface area contributed by atoms with Gasteiger partial charge in [0.1, 0.15) is 6.04 Å². The average molecular weight is 461 g/mol. The van der Waals surface area contributed by atoms with E-state index in [0.29, 0.717) is 0 Å². The number of anilines is 1. The van der Waals surface area contributed by atoms with E-state index in [9.17, 15) is 24.5 Å². The number of carbonyl (C=O) groups excluding carboxylic acids is 3. The zero-order valence-electron chi connectivity index (χ0n) is 18.7. The molecule has 3 heterocycles. The van der Waals surface area contributed by atoms with Crippen LogP contribution in [-0.4, -0.2) is 59.8 Å². The number of nitro groups is 1. The average Bonchev–Trinajstić information content (AvgIpc) is 3.30. The number of likely N-dealkylation sites (tertiary alicyclic amines) is 1. The lowest BCUT2D eigenvalue weighted by Crippen LogP contribution is -2.49. The molecule has 0 bridgehead atoms. The standard InChI is InChI=1S/C25H23N3O6/c1-14-13-19-20-21(25(31)26(24(20)30)11-12-34-2)22(27(19)18-6-4-3-5-17(14)18)23(29)15-7-9-16(10-8-15)28(32)33/h3-10,13,19-22H,11-12H2,1-2H3/t19-,20-,21-,22-/m0/s1. The Morgan fingerprint density at radius 2 is 1.74 bits per heavy atom. The van der Waals surface area contributed by atoms with Crippen LogP contribution >= 0.6 is 0 Å². The van der Waals surface area contributed by atoms with Crippen molar-refractivity contribution < 1.29 is 24.0 Å². The number of fused-ring (bicyclic) bond motifs is 5. The van der Waals surface area contributed by atoms with Crippen molar-refractivity contribution in [1.29, 1.82) is 0 Å². The molecule has 2 aromatic rings. The summed E-state index contributed by atoms with van der Waals surface area (Å²) in [6.45, 7) is 2.30. The van der Waals surface area contributed by atoms with Crippen LogP contribution in [0.4, 0.5) is 11.4 Å². The number of ketones is 1. The Balaban J connectivity index is 1.62. The van der Waals surface area contributed by atoms with Gasteiger partial charge in [-0.05, 0) is 30.7 Å². The molecule has 0 spiro atoms. The van der Waals surface area contributed by atoms with E-state index in [1.807, 2.05) is 42.2 Å². The number of methoxy groups -OCH3 is 1. The van der Waals surface area contributed by atoms with Gasteiger partial charge in [0, 0.05) is 36.1 Å². The number of benzene rings is 2. The van der Waals surface area contributed by atoms with Gasteiger partial charge >= 0.3 is 0 Å². The van der Waals surface area contributed by atoms with E-state index >= 15 is 0 Å². The Morgan fingerprint density at radius 3 is 2.41 bits per heavy atom. The number of nitrogens with zero attached hydrogens (tertiary/aromatic N) is 3. The first-order chi connectivity index (χ1) is 16.3. The van der Waals surface area contributed by atoms with Crippen LogP contribution < -0.4 is 4.90 Å². The van der Waals surface area contributed by atoms with Crippen molar-refractivity contribution >= 4 is 34.5 Å². The molecule has 34 heavy (non-hydrogen) atoms. The molecule has 174 valence electrons. The normalized spacial score (nSPS) is 25.1. The van der Waals surface area contributed by atoms with Crippen LogP contribution in [0, 0.1) is 22.0 Å². The summed E-state index contributed by atoms with van der Waals surface area (Å²) in [4.78, 5) is 54.4. The number of imide groups is 1. The third-order valence-electron chi connectivity index (χ3n) is 7.00. The van der Waals surface area contributed by atoms with Gasteiger partial charge in [0.05, 0.1) is 36.0 Å². The van der Waals surface area contributed by atoms with Crippen LogP contribution in [0.15, 0.2) is 54.6 Å². The summed E-state index contributed by atoms with van der Waals surface area (Å²) in [7, 11) is 1.50. The maximum absolute atomic E-state index is 13.9. The Morgan fingerprint density at radius 1 is 1.06 bits per heavy atom. The van der Waals surface area contributed by atoms with Crippen LogP contribution in [0.2, 0.25) is 0 Å². The number of para-hydroxylation sites is 1. The number of nitro benzene ring substituents is 1. The van der Waals surface area contributed by atoms with Gasteiger partial charge in [0.2, 0.25) is 11.8 Å². The molecule has 9 nitrogen and oxygen atoms in total. The number of Topliss-reactive ketones (excluding diaryl/α,β-unsaturated/α-hetero) is 1. The monoisotopic (exact) mass is 461 g/mol. The van der Waals surface area contributed by atoms with Gasteiger partial charge < -0.3 is 9.64 Å². The maximum Gasteiger partial charge on any atom is 0.269 e. The SMILES string of the molecule is COCCN1C(=O)[C@@H]2[C@H](C1=O)[C@@H](C(=O)c1ccc([N+](=O)[O-])cc1)N1c3ccccc3C(C)=C[C@@H]21. The minimum absolute atomic E-state index is 0.126. The minimum Gasteiger partial charge on any atom is -0.383 e. The molecule has 2 amide bonds. The van der Waals surface area contributed by atoms with E-state index in [1.54, 1.807) is 0 Å². The van der Waals surface area contributed by atoms with E-state index in [0.717, 1.165) is 16.8 Å². The minimum atomic E-state index is -0.911. The lowest BCUT2D eigenvalue weighted by molar-refractivity contribution is -0.384. The van der Waals surface area contributed by atoms with Gasteiger partial charge in [-0.2, -0.15) is 0 Å². The predicted octanol–water partition coefficient (Wildman–Crippen LogP) is 2.70. The first kappa shape index (κ1) is 22.0. The largest absolute Gasteiger partial charge is 0.383 e. The molecule has 0 N–H and O–H groups in total. The number of non-ortho nitro benzene ring substituents is 1. The van der Waals surface area contributed by atoms with E-state index < -0.39 is 28.8 Å². The number of rotatable bonds is 6. The Bertz CT molecular complexity index is 1240. The molecular weight excluding hydrogens is 438 g/mol. The van der Waals surface area contributed by atoms with Gasteiger partial charge in [-0.3, -0.25) is 29.4 Å². The van der Waals surface area contributed by atoms with E-state index in [-0.39, 0.29) is 42.0 Å². The van der Waals surface area contributed by atoms with Crippen molar-refractivity contribution in [3.05, 3.63) is 75.8 Å². The molecule has 2 saturated heterocycles. The number of ether oxygens (including phenoxy) is 1. The second-order valence-corrected chi connectivity index (χ2v) is 8.75. The van der Waals surface area contributed by atoms with Gasteiger partial charge in [0.15, 0.2) is 5.78 Å². The molecule has 3 aliphatic rings. The smallest absolute Gasteiger partial charge is 0.269 e. The number of hydrogen-bond donors (Lipinski definition) is 0. The van der Waals surface area contributed by atoms with Crippen molar-refractivity contribution in [2.75, 3.05) is 25.2 Å². The van der Waals surface area contributed by atoms with E-state index in [4.69, 9.17) is 4.74 Å². The number of allylic oxidation sites excluding steroid dienone is 1. The molecule has 0 saturated carbocycles. The molecule has 5 rings (SSSR count). The molecule has 3 aliphatic heterocycles. The molecule has 0 aromatic heterocycles. The predicted molar refractivity (Wildman–Crippen MR) is 123 cm³/mol. The molecule has 0 unspecified atom stereocenters. The summed E-state index contributed by atoms with van der Waals surface area (Å²) >= 11 is 0. The summed E-state index contributed by atoms with van der Waals surface area (Å²) in [6, 6.07) is 11.6. The maximum atomic E-state index is 13.9. The molecular formula is C25H23N3O6. The Hall–Kier alpha value is -3.85. The highest BCUT2D eigenvalue weighted by Crippen LogP contribution is 2.50. The quantitative estimate of drug-likeness (QED) is 0.282. The third kappa shape index (κ3) is 3.15. The van der Waals surface area contributed by atoms with Crippen molar-refractivity contribution in [2.45, 2.75) is 19.0 Å². The molecule has 0 radical (unpaired) electrons. The fourth-order valence-electron chi connectivity index (χ4n) is 5.48. The molecule has 9 heteroatoms. The summed E-state index contributed by atoms with van der Waals surface area (Å²) in [5.41, 5.74) is 2.85.